The van der Waals surface area contributed by atoms with Crippen LogP contribution in [0.25, 0.3) is 11.0 Å². The zero-order valence-electron chi connectivity index (χ0n) is 13.3. The van der Waals surface area contributed by atoms with Crippen molar-refractivity contribution in [1.82, 2.24) is 5.32 Å². The first-order valence-electron chi connectivity index (χ1n) is 8.00. The minimum absolute atomic E-state index is 0.0849. The molecule has 0 atom stereocenters. The van der Waals surface area contributed by atoms with E-state index in [4.69, 9.17) is 4.42 Å². The van der Waals surface area contributed by atoms with Gasteiger partial charge in [0.2, 0.25) is 5.91 Å². The van der Waals surface area contributed by atoms with Crippen LogP contribution < -0.4 is 5.32 Å². The third kappa shape index (κ3) is 4.22. The molecule has 23 heavy (non-hydrogen) atoms. The number of carbonyl (C=O) groups is 1. The first kappa shape index (κ1) is 15.3. The van der Waals surface area contributed by atoms with Crippen LogP contribution in [-0.4, -0.2) is 12.5 Å². The Hall–Kier alpha value is -2.55. The molecule has 0 radical (unpaired) electrons. The fraction of sp³-hybridized carbons (Fsp3) is 0.250. The van der Waals surface area contributed by atoms with Gasteiger partial charge in [-0.05, 0) is 31.0 Å². The smallest absolute Gasteiger partial charge is 0.220 e. The van der Waals surface area contributed by atoms with E-state index in [9.17, 15) is 4.79 Å². The van der Waals surface area contributed by atoms with E-state index in [1.807, 2.05) is 30.3 Å². The van der Waals surface area contributed by atoms with Gasteiger partial charge >= 0.3 is 0 Å². The second-order valence-electron chi connectivity index (χ2n) is 5.84. The number of nitrogens with one attached hydrogen (secondary N) is 1. The van der Waals surface area contributed by atoms with Gasteiger partial charge in [-0.15, -0.1) is 0 Å². The molecule has 3 aromatic rings. The molecule has 0 saturated heterocycles. The van der Waals surface area contributed by atoms with Gasteiger partial charge in [-0.3, -0.25) is 4.79 Å². The van der Waals surface area contributed by atoms with Crippen molar-refractivity contribution in [3.63, 3.8) is 0 Å². The second kappa shape index (κ2) is 7.14. The zero-order valence-corrected chi connectivity index (χ0v) is 13.3. The Morgan fingerprint density at radius 1 is 1.04 bits per heavy atom. The lowest BCUT2D eigenvalue weighted by atomic mass is 10.1. The topological polar surface area (TPSA) is 42.2 Å². The fourth-order valence-electron chi connectivity index (χ4n) is 2.59. The van der Waals surface area contributed by atoms with Crippen LogP contribution in [-0.2, 0) is 17.6 Å². The van der Waals surface area contributed by atoms with Gasteiger partial charge in [-0.2, -0.15) is 0 Å². The molecule has 118 valence electrons. The molecule has 3 nitrogen and oxygen atoms in total. The molecule has 0 aliphatic heterocycles. The largest absolute Gasteiger partial charge is 0.461 e. The summed E-state index contributed by atoms with van der Waals surface area (Å²) < 4.78 is 5.74. The quantitative estimate of drug-likeness (QED) is 0.747. The highest BCUT2D eigenvalue weighted by molar-refractivity contribution is 5.78. The minimum atomic E-state index is 0.0849. The van der Waals surface area contributed by atoms with Crippen molar-refractivity contribution >= 4 is 16.9 Å². The molecule has 1 aromatic heterocycles. The molecule has 0 unspecified atom stereocenters. The van der Waals surface area contributed by atoms with Crippen molar-refractivity contribution in [2.75, 3.05) is 6.54 Å². The molecule has 1 N–H and O–H groups in total. The maximum Gasteiger partial charge on any atom is 0.220 e. The fourth-order valence-corrected chi connectivity index (χ4v) is 2.59. The third-order valence-electron chi connectivity index (χ3n) is 3.93. The van der Waals surface area contributed by atoms with Gasteiger partial charge in [-0.1, -0.05) is 48.0 Å². The van der Waals surface area contributed by atoms with E-state index in [0.29, 0.717) is 19.4 Å². The number of rotatable bonds is 6. The number of hydrogen-bond acceptors (Lipinski definition) is 2. The number of para-hydroxylation sites is 1. The molecule has 2 aromatic carbocycles. The Kier molecular flexibility index (Phi) is 4.77. The summed E-state index contributed by atoms with van der Waals surface area (Å²) in [5, 5.41) is 4.06. The molecule has 0 fully saturated rings. The van der Waals surface area contributed by atoms with Crippen LogP contribution in [0.2, 0.25) is 0 Å². The molecule has 0 bridgehead atoms. The van der Waals surface area contributed by atoms with Crippen molar-refractivity contribution in [1.29, 1.82) is 0 Å². The summed E-state index contributed by atoms with van der Waals surface area (Å²) in [6.45, 7) is 2.67. The summed E-state index contributed by atoms with van der Waals surface area (Å²) >= 11 is 0. The van der Waals surface area contributed by atoms with Crippen molar-refractivity contribution in [3.05, 3.63) is 71.5 Å². The first-order chi connectivity index (χ1) is 11.2. The monoisotopic (exact) mass is 307 g/mol. The van der Waals surface area contributed by atoms with Crippen LogP contribution in [0.5, 0.6) is 0 Å². The van der Waals surface area contributed by atoms with E-state index in [2.05, 4.69) is 36.5 Å². The summed E-state index contributed by atoms with van der Waals surface area (Å²) in [6, 6.07) is 18.3. The van der Waals surface area contributed by atoms with E-state index in [-0.39, 0.29) is 5.91 Å². The van der Waals surface area contributed by atoms with E-state index in [1.54, 1.807) is 0 Å². The van der Waals surface area contributed by atoms with Gasteiger partial charge < -0.3 is 9.73 Å². The molecular weight excluding hydrogens is 286 g/mol. The molecule has 0 aliphatic carbocycles. The van der Waals surface area contributed by atoms with E-state index >= 15 is 0 Å². The maximum atomic E-state index is 11.9. The van der Waals surface area contributed by atoms with Crippen molar-refractivity contribution in [2.24, 2.45) is 0 Å². The Labute approximate surface area is 136 Å². The Morgan fingerprint density at radius 2 is 1.83 bits per heavy atom. The highest BCUT2D eigenvalue weighted by Crippen LogP contribution is 2.18. The van der Waals surface area contributed by atoms with Crippen LogP contribution in [0.3, 0.4) is 0 Å². The first-order valence-corrected chi connectivity index (χ1v) is 8.00. The summed E-state index contributed by atoms with van der Waals surface area (Å²) in [6.07, 6.45) is 2.00. The number of fused-ring (bicyclic) bond motifs is 1. The normalized spacial score (nSPS) is 10.8. The van der Waals surface area contributed by atoms with E-state index in [0.717, 1.165) is 23.2 Å². The predicted octanol–water partition coefficient (Wildman–Crippen LogP) is 4.03. The average molecular weight is 307 g/mol. The predicted molar refractivity (Wildman–Crippen MR) is 92.4 cm³/mol. The number of furan rings is 1. The van der Waals surface area contributed by atoms with Crippen molar-refractivity contribution in [2.45, 2.75) is 26.2 Å². The SMILES string of the molecule is Cc1ccc(CCC(=O)NCCc2cc3ccccc3o2)cc1. The van der Waals surface area contributed by atoms with Crippen LogP contribution in [0.1, 0.15) is 23.3 Å². The van der Waals surface area contributed by atoms with E-state index in [1.165, 1.54) is 11.1 Å². The van der Waals surface area contributed by atoms with Gasteiger partial charge in [0.1, 0.15) is 11.3 Å². The molecule has 1 amide bonds. The van der Waals surface area contributed by atoms with Crippen LogP contribution in [0, 0.1) is 6.92 Å². The van der Waals surface area contributed by atoms with Gasteiger partial charge in [0.15, 0.2) is 0 Å². The Bertz CT molecular complexity index is 754. The number of amides is 1. The number of aryl methyl sites for hydroxylation is 2. The standard InChI is InChI=1S/C20H21NO2/c1-15-6-8-16(9-7-15)10-11-20(22)21-13-12-18-14-17-4-2-3-5-19(17)23-18/h2-9,14H,10-13H2,1H3,(H,21,22). The maximum absolute atomic E-state index is 11.9. The van der Waals surface area contributed by atoms with Crippen molar-refractivity contribution in [3.8, 4) is 0 Å². The van der Waals surface area contributed by atoms with Crippen LogP contribution in [0.4, 0.5) is 0 Å². The summed E-state index contributed by atoms with van der Waals surface area (Å²) in [5.74, 6) is 0.992. The molecule has 3 heteroatoms. The zero-order chi connectivity index (χ0) is 16.1. The van der Waals surface area contributed by atoms with Crippen LogP contribution in [0.15, 0.2) is 59.0 Å². The lowest BCUT2D eigenvalue weighted by Gasteiger charge is -2.04. The Morgan fingerprint density at radius 3 is 2.61 bits per heavy atom. The lowest BCUT2D eigenvalue weighted by molar-refractivity contribution is -0.121. The second-order valence-corrected chi connectivity index (χ2v) is 5.84. The highest BCUT2D eigenvalue weighted by Gasteiger charge is 2.05. The van der Waals surface area contributed by atoms with Gasteiger partial charge in [0, 0.05) is 24.8 Å². The molecule has 3 rings (SSSR count). The van der Waals surface area contributed by atoms with Gasteiger partial charge in [0.05, 0.1) is 0 Å². The lowest BCUT2D eigenvalue weighted by Crippen LogP contribution is -2.25. The van der Waals surface area contributed by atoms with E-state index < -0.39 is 0 Å². The highest BCUT2D eigenvalue weighted by atomic mass is 16.3. The molecule has 0 aliphatic rings. The molecule has 0 saturated carbocycles. The molecule has 1 heterocycles. The van der Waals surface area contributed by atoms with Crippen molar-refractivity contribution < 1.29 is 9.21 Å². The Balaban J connectivity index is 1.43. The minimum Gasteiger partial charge on any atom is -0.461 e. The number of carbonyl (C=O) groups excluding carboxylic acids is 1. The van der Waals surface area contributed by atoms with Gasteiger partial charge in [0.25, 0.3) is 0 Å². The average Bonchev–Trinajstić information content (AvgIpc) is 2.97. The molecular formula is C20H21NO2. The summed E-state index contributed by atoms with van der Waals surface area (Å²) in [4.78, 5) is 11.9. The molecule has 0 spiro atoms. The summed E-state index contributed by atoms with van der Waals surface area (Å²) in [5.41, 5.74) is 3.33. The number of hydrogen-bond donors (Lipinski definition) is 1. The van der Waals surface area contributed by atoms with Gasteiger partial charge in [-0.25, -0.2) is 0 Å². The number of benzene rings is 2. The summed E-state index contributed by atoms with van der Waals surface area (Å²) in [7, 11) is 0. The third-order valence-corrected chi connectivity index (χ3v) is 3.93. The van der Waals surface area contributed by atoms with Crippen LogP contribution >= 0.6 is 0 Å².